The number of ketones is 1. The van der Waals surface area contributed by atoms with E-state index in [4.69, 9.17) is 0 Å². The Balaban J connectivity index is 2.64. The van der Waals surface area contributed by atoms with E-state index in [2.05, 4.69) is 0 Å². The average Bonchev–Trinajstić information content (AvgIpc) is 2.34. The Hall–Kier alpha value is -0.890. The van der Waals surface area contributed by atoms with Gasteiger partial charge in [0.2, 0.25) is 0 Å². The van der Waals surface area contributed by atoms with E-state index in [0.717, 1.165) is 4.88 Å². The first kappa shape index (κ1) is 7.22. The minimum absolute atomic E-state index is 0.0911. The van der Waals surface area contributed by atoms with Gasteiger partial charge >= 0.3 is 0 Å². The van der Waals surface area contributed by atoms with Gasteiger partial charge in [0.15, 0.2) is 5.78 Å². The molecule has 10 heavy (non-hydrogen) atoms. The number of thiophene rings is 1. The fraction of sp³-hybridized carbons (Fsp3) is 0.125. The lowest BCUT2D eigenvalue weighted by atomic mass is 10.3. The third-order valence-electron chi connectivity index (χ3n) is 1.03. The summed E-state index contributed by atoms with van der Waals surface area (Å²) in [6, 6.07) is 3.94. The number of rotatable bonds is 2. The first-order valence-corrected chi connectivity index (χ1v) is 3.89. The van der Waals surface area contributed by atoms with Gasteiger partial charge < -0.3 is 0 Å². The van der Waals surface area contributed by atoms with E-state index in [1.165, 1.54) is 0 Å². The third-order valence-corrected chi connectivity index (χ3v) is 1.86. The van der Waals surface area contributed by atoms with E-state index in [1.807, 2.05) is 23.6 Å². The number of carbonyl (C=O) groups excluding carboxylic acids is 1. The monoisotopic (exact) mass is 152 g/mol. The molecular weight excluding hydrogens is 144 g/mol. The van der Waals surface area contributed by atoms with Gasteiger partial charge in [0.05, 0.1) is 0 Å². The van der Waals surface area contributed by atoms with E-state index < -0.39 is 0 Å². The molecule has 0 aliphatic carbocycles. The summed E-state index contributed by atoms with van der Waals surface area (Å²) in [5.41, 5.74) is 0. The Bertz CT molecular complexity index is 234. The maximum absolute atomic E-state index is 10.5. The molecule has 0 aliphatic heterocycles. The molecule has 0 aliphatic rings. The van der Waals surface area contributed by atoms with Gasteiger partial charge in [0, 0.05) is 4.88 Å². The van der Waals surface area contributed by atoms with Crippen molar-refractivity contribution in [3.63, 3.8) is 0 Å². The minimum Gasteiger partial charge on any atom is -0.295 e. The Kier molecular flexibility index (Phi) is 2.40. The maximum Gasteiger partial charge on any atom is 0.152 e. The summed E-state index contributed by atoms with van der Waals surface area (Å²) in [7, 11) is 0. The predicted molar refractivity (Wildman–Crippen MR) is 44.0 cm³/mol. The van der Waals surface area contributed by atoms with Crippen LogP contribution in [0.25, 0.3) is 6.08 Å². The van der Waals surface area contributed by atoms with Crippen LogP contribution in [0.2, 0.25) is 0 Å². The molecule has 2 heteroatoms. The second-order valence-electron chi connectivity index (χ2n) is 1.96. The van der Waals surface area contributed by atoms with Gasteiger partial charge in [-0.05, 0) is 30.5 Å². The molecule has 0 aromatic carbocycles. The number of carbonyl (C=O) groups is 1. The van der Waals surface area contributed by atoms with Crippen molar-refractivity contribution in [2.24, 2.45) is 0 Å². The summed E-state index contributed by atoms with van der Waals surface area (Å²) < 4.78 is 0. The van der Waals surface area contributed by atoms with Crippen LogP contribution in [0.4, 0.5) is 0 Å². The van der Waals surface area contributed by atoms with Crippen LogP contribution in [0.5, 0.6) is 0 Å². The van der Waals surface area contributed by atoms with Gasteiger partial charge in [-0.1, -0.05) is 6.07 Å². The molecule has 0 fully saturated rings. The molecule has 0 atom stereocenters. The third kappa shape index (κ3) is 2.15. The van der Waals surface area contributed by atoms with Crippen LogP contribution in [0.1, 0.15) is 11.8 Å². The fourth-order valence-corrected chi connectivity index (χ4v) is 1.20. The highest BCUT2D eigenvalue weighted by atomic mass is 32.1. The van der Waals surface area contributed by atoms with Crippen LogP contribution in [0.15, 0.2) is 23.6 Å². The topological polar surface area (TPSA) is 17.1 Å². The van der Waals surface area contributed by atoms with Gasteiger partial charge in [-0.2, -0.15) is 0 Å². The highest BCUT2D eigenvalue weighted by Crippen LogP contribution is 2.09. The van der Waals surface area contributed by atoms with Crippen LogP contribution in [-0.4, -0.2) is 5.78 Å². The molecule has 1 heterocycles. The van der Waals surface area contributed by atoms with Crippen molar-refractivity contribution in [3.05, 3.63) is 28.5 Å². The summed E-state index contributed by atoms with van der Waals surface area (Å²) in [6.45, 7) is 1.55. The fourth-order valence-electron chi connectivity index (χ4n) is 0.586. The predicted octanol–water partition coefficient (Wildman–Crippen LogP) is 2.35. The Morgan fingerprint density at radius 1 is 1.70 bits per heavy atom. The zero-order valence-corrected chi connectivity index (χ0v) is 6.52. The van der Waals surface area contributed by atoms with Gasteiger partial charge in [-0.3, -0.25) is 4.79 Å². The zero-order valence-electron chi connectivity index (χ0n) is 5.70. The van der Waals surface area contributed by atoms with Crippen molar-refractivity contribution in [2.45, 2.75) is 6.92 Å². The average molecular weight is 152 g/mol. The molecule has 1 aromatic heterocycles. The number of allylic oxidation sites excluding steroid dienone is 1. The van der Waals surface area contributed by atoms with E-state index in [1.54, 1.807) is 24.3 Å². The molecule has 0 amide bonds. The van der Waals surface area contributed by atoms with Gasteiger partial charge in [0.25, 0.3) is 0 Å². The number of hydrogen-bond acceptors (Lipinski definition) is 2. The summed E-state index contributed by atoms with van der Waals surface area (Å²) in [5, 5.41) is 1.99. The Morgan fingerprint density at radius 2 is 2.50 bits per heavy atom. The van der Waals surface area contributed by atoms with Crippen LogP contribution in [0, 0.1) is 0 Å². The minimum atomic E-state index is 0.0911. The molecule has 0 saturated heterocycles. The quantitative estimate of drug-likeness (QED) is 0.594. The van der Waals surface area contributed by atoms with Crippen LogP contribution < -0.4 is 0 Å². The molecular formula is C8H8OS. The van der Waals surface area contributed by atoms with Crippen molar-refractivity contribution < 1.29 is 4.79 Å². The first-order chi connectivity index (χ1) is 4.79. The highest BCUT2D eigenvalue weighted by Gasteiger charge is 1.85. The van der Waals surface area contributed by atoms with Gasteiger partial charge in [-0.15, -0.1) is 11.3 Å². The summed E-state index contributed by atoms with van der Waals surface area (Å²) in [4.78, 5) is 11.6. The Morgan fingerprint density at radius 3 is 3.00 bits per heavy atom. The molecule has 0 radical (unpaired) electrons. The number of hydrogen-bond donors (Lipinski definition) is 0. The molecule has 52 valence electrons. The molecule has 0 unspecified atom stereocenters. The van der Waals surface area contributed by atoms with Crippen molar-refractivity contribution in [1.29, 1.82) is 0 Å². The molecule has 0 spiro atoms. The van der Waals surface area contributed by atoms with Gasteiger partial charge in [-0.25, -0.2) is 0 Å². The van der Waals surface area contributed by atoms with Crippen molar-refractivity contribution in [3.8, 4) is 0 Å². The molecule has 1 rings (SSSR count). The largest absolute Gasteiger partial charge is 0.295 e. The van der Waals surface area contributed by atoms with Crippen LogP contribution >= 0.6 is 11.3 Å². The molecule has 1 aromatic rings. The zero-order chi connectivity index (χ0) is 7.40. The van der Waals surface area contributed by atoms with Gasteiger partial charge in [0.1, 0.15) is 0 Å². The van der Waals surface area contributed by atoms with E-state index in [-0.39, 0.29) is 5.78 Å². The van der Waals surface area contributed by atoms with Crippen LogP contribution in [-0.2, 0) is 4.79 Å². The van der Waals surface area contributed by atoms with E-state index in [0.29, 0.717) is 0 Å². The van der Waals surface area contributed by atoms with Crippen molar-refractivity contribution >= 4 is 23.2 Å². The van der Waals surface area contributed by atoms with E-state index in [9.17, 15) is 4.79 Å². The molecule has 0 N–H and O–H groups in total. The van der Waals surface area contributed by atoms with E-state index >= 15 is 0 Å². The second-order valence-corrected chi connectivity index (χ2v) is 2.94. The summed E-state index contributed by atoms with van der Waals surface area (Å²) in [5.74, 6) is 0.0911. The SMILES string of the molecule is CC(=O)C=Cc1cccs1. The van der Waals surface area contributed by atoms with Crippen LogP contribution in [0.3, 0.4) is 0 Å². The summed E-state index contributed by atoms with van der Waals surface area (Å²) >= 11 is 1.63. The smallest absolute Gasteiger partial charge is 0.152 e. The lowest BCUT2D eigenvalue weighted by Gasteiger charge is -1.79. The normalized spacial score (nSPS) is 10.5. The standard InChI is InChI=1S/C8H8OS/c1-7(9)4-5-8-3-2-6-10-8/h2-6H,1H3. The molecule has 1 nitrogen and oxygen atoms in total. The van der Waals surface area contributed by atoms with Crippen molar-refractivity contribution in [1.82, 2.24) is 0 Å². The summed E-state index contributed by atoms with van der Waals surface area (Å²) in [6.07, 6.45) is 3.40. The van der Waals surface area contributed by atoms with Crippen molar-refractivity contribution in [2.75, 3.05) is 0 Å². The second kappa shape index (κ2) is 3.32. The highest BCUT2D eigenvalue weighted by molar-refractivity contribution is 7.10. The lowest BCUT2D eigenvalue weighted by Crippen LogP contribution is -1.77. The maximum atomic E-state index is 10.5. The Labute approximate surface area is 64.0 Å². The lowest BCUT2D eigenvalue weighted by molar-refractivity contribution is -0.112. The first-order valence-electron chi connectivity index (χ1n) is 3.01. The molecule has 0 saturated carbocycles. The molecule has 0 bridgehead atoms.